The first-order valence-corrected chi connectivity index (χ1v) is 14.7. The molecule has 6 nitrogen and oxygen atoms in total. The van der Waals surface area contributed by atoms with Crippen LogP contribution in [-0.2, 0) is 16.5 Å². The predicted molar refractivity (Wildman–Crippen MR) is 151 cm³/mol. The topological polar surface area (TPSA) is 68.2 Å². The minimum absolute atomic E-state index is 0.268. The van der Waals surface area contributed by atoms with E-state index in [4.69, 9.17) is 25.8 Å². The molecule has 0 spiro atoms. The summed E-state index contributed by atoms with van der Waals surface area (Å²) in [6.07, 6.45) is 4.33. The Morgan fingerprint density at radius 3 is 2.29 bits per heavy atom. The van der Waals surface area contributed by atoms with Crippen LogP contribution in [-0.4, -0.2) is 49.8 Å². The number of halogens is 4. The van der Waals surface area contributed by atoms with Crippen LogP contribution < -0.4 is 9.47 Å². The molecule has 0 bridgehead atoms. The van der Waals surface area contributed by atoms with Gasteiger partial charge in [0.05, 0.1) is 30.4 Å². The maximum absolute atomic E-state index is 13.2. The standard InChI is InChI=1S/C31H39ClF3NO5/c1-39-22-19-23-26(41-29(37)28(23)27(20-22)40-2)10-8-6-4-3-5-7-9-15-36-16-13-30(38,14-17-36)21-11-12-25(32)24(18-21)31(33,34)35/h11-12,18-20,26,38H,3-10,13-17H2,1-2H3/t26-/m1/s1. The number of aliphatic hydroxyl groups is 1. The number of unbranched alkanes of at least 4 members (excludes halogenated alkanes) is 6. The average molecular weight is 598 g/mol. The van der Waals surface area contributed by atoms with Crippen LogP contribution in [0, 0.1) is 0 Å². The van der Waals surface area contributed by atoms with E-state index < -0.39 is 17.3 Å². The van der Waals surface area contributed by atoms with Gasteiger partial charge in [-0.15, -0.1) is 0 Å². The molecule has 2 aromatic rings. The lowest BCUT2D eigenvalue weighted by Gasteiger charge is -2.39. The highest BCUT2D eigenvalue weighted by Crippen LogP contribution is 2.42. The molecule has 2 heterocycles. The molecular weight excluding hydrogens is 559 g/mol. The molecule has 0 saturated carbocycles. The van der Waals surface area contributed by atoms with Gasteiger partial charge in [-0.2, -0.15) is 13.2 Å². The fourth-order valence-electron chi connectivity index (χ4n) is 5.84. The Morgan fingerprint density at radius 1 is 1.00 bits per heavy atom. The third kappa shape index (κ3) is 7.67. The SMILES string of the molecule is COc1cc(OC)c2c(c1)[C@@H](CCCCCCCCCN1CCC(O)(c3ccc(Cl)c(C(F)(F)F)c3)CC1)OC2=O. The summed E-state index contributed by atoms with van der Waals surface area (Å²) in [5, 5.41) is 10.7. The molecule has 2 aromatic carbocycles. The molecule has 0 radical (unpaired) electrons. The van der Waals surface area contributed by atoms with E-state index >= 15 is 0 Å². The zero-order valence-electron chi connectivity index (χ0n) is 23.7. The number of piperidine rings is 1. The molecule has 226 valence electrons. The minimum atomic E-state index is -4.55. The number of carbonyl (C=O) groups is 1. The molecule has 10 heteroatoms. The van der Waals surface area contributed by atoms with Crippen LogP contribution in [0.2, 0.25) is 5.02 Å². The number of benzene rings is 2. The molecule has 0 unspecified atom stereocenters. The van der Waals surface area contributed by atoms with Crippen molar-refractivity contribution in [2.45, 2.75) is 82.1 Å². The molecule has 1 fully saturated rings. The number of cyclic esters (lactones) is 1. The van der Waals surface area contributed by atoms with Crippen LogP contribution in [0.25, 0.3) is 0 Å². The highest BCUT2D eigenvalue weighted by Gasteiger charge is 2.38. The van der Waals surface area contributed by atoms with Crippen molar-refractivity contribution >= 4 is 17.6 Å². The summed E-state index contributed by atoms with van der Waals surface area (Å²) in [5.41, 5.74) is -0.554. The Balaban J connectivity index is 1.10. The van der Waals surface area contributed by atoms with Crippen LogP contribution in [0.15, 0.2) is 30.3 Å². The molecule has 41 heavy (non-hydrogen) atoms. The van der Waals surface area contributed by atoms with Crippen LogP contribution in [0.1, 0.15) is 97.4 Å². The lowest BCUT2D eigenvalue weighted by atomic mass is 9.83. The molecular formula is C31H39ClF3NO5. The van der Waals surface area contributed by atoms with Gasteiger partial charge in [-0.1, -0.05) is 49.8 Å². The van der Waals surface area contributed by atoms with E-state index in [1.54, 1.807) is 13.2 Å². The normalized spacial score (nSPS) is 18.7. The summed E-state index contributed by atoms with van der Waals surface area (Å²) in [7, 11) is 3.12. The van der Waals surface area contributed by atoms with Crippen molar-refractivity contribution in [2.24, 2.45) is 0 Å². The molecule has 0 aromatic heterocycles. The van der Waals surface area contributed by atoms with Gasteiger partial charge in [-0.25, -0.2) is 4.79 Å². The van der Waals surface area contributed by atoms with Crippen molar-refractivity contribution in [3.8, 4) is 11.5 Å². The van der Waals surface area contributed by atoms with Crippen LogP contribution >= 0.6 is 11.6 Å². The third-order valence-corrected chi connectivity index (χ3v) is 8.62. The van der Waals surface area contributed by atoms with Gasteiger partial charge in [-0.05, 0) is 62.4 Å². The molecule has 1 N–H and O–H groups in total. The van der Waals surface area contributed by atoms with Gasteiger partial charge in [0.15, 0.2) is 0 Å². The number of esters is 1. The number of nitrogens with zero attached hydrogens (tertiary/aromatic N) is 1. The summed E-state index contributed by atoms with van der Waals surface area (Å²) in [5.74, 6) is 0.779. The summed E-state index contributed by atoms with van der Waals surface area (Å²) < 4.78 is 56.0. The van der Waals surface area contributed by atoms with E-state index in [2.05, 4.69) is 4.90 Å². The molecule has 0 aliphatic carbocycles. The Labute approximate surface area is 244 Å². The van der Waals surface area contributed by atoms with Gasteiger partial charge in [0.2, 0.25) is 0 Å². The largest absolute Gasteiger partial charge is 0.497 e. The van der Waals surface area contributed by atoms with Gasteiger partial charge >= 0.3 is 12.1 Å². The van der Waals surface area contributed by atoms with Gasteiger partial charge in [-0.3, -0.25) is 0 Å². The fraction of sp³-hybridized carbons (Fsp3) is 0.581. The number of alkyl halides is 3. The quantitative estimate of drug-likeness (QED) is 0.189. The number of methoxy groups -OCH3 is 2. The maximum Gasteiger partial charge on any atom is 0.417 e. The van der Waals surface area contributed by atoms with E-state index in [-0.39, 0.29) is 22.7 Å². The molecule has 2 aliphatic heterocycles. The van der Waals surface area contributed by atoms with Crippen molar-refractivity contribution in [3.63, 3.8) is 0 Å². The van der Waals surface area contributed by atoms with E-state index in [9.17, 15) is 23.1 Å². The number of likely N-dealkylation sites (tertiary alicyclic amines) is 1. The Bertz CT molecular complexity index is 1200. The summed E-state index contributed by atoms with van der Waals surface area (Å²) in [6.45, 7) is 2.21. The molecule has 4 rings (SSSR count). The predicted octanol–water partition coefficient (Wildman–Crippen LogP) is 7.69. The number of rotatable bonds is 13. The fourth-order valence-corrected chi connectivity index (χ4v) is 6.07. The number of fused-ring (bicyclic) bond motifs is 1. The molecule has 2 aliphatic rings. The molecule has 0 amide bonds. The first-order valence-electron chi connectivity index (χ1n) is 14.3. The van der Waals surface area contributed by atoms with Crippen molar-refractivity contribution in [1.82, 2.24) is 4.90 Å². The van der Waals surface area contributed by atoms with Gasteiger partial charge < -0.3 is 24.2 Å². The monoisotopic (exact) mass is 597 g/mol. The second-order valence-corrected chi connectivity index (χ2v) is 11.4. The molecule has 1 saturated heterocycles. The van der Waals surface area contributed by atoms with Crippen LogP contribution in [0.5, 0.6) is 11.5 Å². The Morgan fingerprint density at radius 2 is 1.66 bits per heavy atom. The maximum atomic E-state index is 13.2. The van der Waals surface area contributed by atoms with E-state index in [1.807, 2.05) is 6.07 Å². The van der Waals surface area contributed by atoms with Crippen molar-refractivity contribution in [1.29, 1.82) is 0 Å². The van der Waals surface area contributed by atoms with Crippen molar-refractivity contribution < 1.29 is 37.3 Å². The lowest BCUT2D eigenvalue weighted by Crippen LogP contribution is -2.43. The van der Waals surface area contributed by atoms with Gasteiger partial charge in [0, 0.05) is 24.7 Å². The average Bonchev–Trinajstić information content (AvgIpc) is 3.27. The number of hydrogen-bond acceptors (Lipinski definition) is 6. The highest BCUT2D eigenvalue weighted by atomic mass is 35.5. The smallest absolute Gasteiger partial charge is 0.417 e. The highest BCUT2D eigenvalue weighted by molar-refractivity contribution is 6.31. The van der Waals surface area contributed by atoms with Crippen molar-refractivity contribution in [3.05, 3.63) is 57.6 Å². The zero-order valence-corrected chi connectivity index (χ0v) is 24.5. The summed E-state index contributed by atoms with van der Waals surface area (Å²) >= 11 is 5.74. The third-order valence-electron chi connectivity index (χ3n) is 8.30. The van der Waals surface area contributed by atoms with Gasteiger partial charge in [0.1, 0.15) is 23.2 Å². The summed E-state index contributed by atoms with van der Waals surface area (Å²) in [4.78, 5) is 14.6. The van der Waals surface area contributed by atoms with Crippen LogP contribution in [0.4, 0.5) is 13.2 Å². The van der Waals surface area contributed by atoms with E-state index in [0.29, 0.717) is 43.0 Å². The summed E-state index contributed by atoms with van der Waals surface area (Å²) in [6, 6.07) is 7.27. The molecule has 1 atom stereocenters. The first-order chi connectivity index (χ1) is 19.6. The number of ether oxygens (including phenoxy) is 3. The van der Waals surface area contributed by atoms with E-state index in [1.165, 1.54) is 19.2 Å². The van der Waals surface area contributed by atoms with E-state index in [0.717, 1.165) is 69.5 Å². The second kappa shape index (κ2) is 13.7. The second-order valence-electron chi connectivity index (χ2n) is 11.0. The van der Waals surface area contributed by atoms with Crippen LogP contribution in [0.3, 0.4) is 0 Å². The zero-order chi connectivity index (χ0) is 29.6. The van der Waals surface area contributed by atoms with Gasteiger partial charge in [0.25, 0.3) is 0 Å². The number of hydrogen-bond donors (Lipinski definition) is 1. The Hall–Kier alpha value is -2.49. The Kier molecular flexibility index (Phi) is 10.5. The lowest BCUT2D eigenvalue weighted by molar-refractivity contribution is -0.137. The van der Waals surface area contributed by atoms with Crippen molar-refractivity contribution in [2.75, 3.05) is 33.9 Å². The number of carbonyl (C=O) groups excluding carboxylic acids is 1. The first kappa shape index (κ1) is 31.4. The minimum Gasteiger partial charge on any atom is -0.497 e.